The van der Waals surface area contributed by atoms with Gasteiger partial charge in [-0.25, -0.2) is 0 Å². The number of fused-ring (bicyclic) bond motifs is 2. The van der Waals surface area contributed by atoms with Crippen LogP contribution in [0.1, 0.15) is 43.2 Å². The topological polar surface area (TPSA) is 12.0 Å². The molecule has 1 aliphatic rings. The van der Waals surface area contributed by atoms with E-state index in [1.54, 1.807) is 0 Å². The Bertz CT molecular complexity index is 317. The zero-order chi connectivity index (χ0) is 10.5. The van der Waals surface area contributed by atoms with Crippen molar-refractivity contribution in [3.05, 3.63) is 29.3 Å². The fourth-order valence-corrected chi connectivity index (χ4v) is 2.25. The van der Waals surface area contributed by atoms with Crippen molar-refractivity contribution in [3.8, 4) is 0 Å². The minimum absolute atomic E-state index is 1.13. The van der Waals surface area contributed by atoms with E-state index in [0.717, 1.165) is 6.54 Å². The van der Waals surface area contributed by atoms with Crippen molar-refractivity contribution in [1.29, 1.82) is 0 Å². The van der Waals surface area contributed by atoms with Gasteiger partial charge >= 0.3 is 0 Å². The molecule has 0 radical (unpaired) electrons. The van der Waals surface area contributed by atoms with Crippen LogP contribution in [0.2, 0.25) is 0 Å². The lowest BCUT2D eigenvalue weighted by atomic mass is 10.0. The quantitative estimate of drug-likeness (QED) is 0.674. The first-order valence-electron chi connectivity index (χ1n) is 6.20. The summed E-state index contributed by atoms with van der Waals surface area (Å²) in [6, 6.07) is 6.78. The van der Waals surface area contributed by atoms with Crippen LogP contribution in [-0.4, -0.2) is 6.54 Å². The summed E-state index contributed by atoms with van der Waals surface area (Å²) in [5.74, 6) is 0. The zero-order valence-electron chi connectivity index (χ0n) is 9.68. The number of rotatable bonds is 0. The summed E-state index contributed by atoms with van der Waals surface area (Å²) in [5.41, 5.74) is 4.28. The molecule has 0 atom stereocenters. The maximum absolute atomic E-state index is 3.51. The number of aryl methyl sites for hydroxylation is 2. The maximum atomic E-state index is 3.51. The van der Waals surface area contributed by atoms with Crippen LogP contribution in [0.4, 0.5) is 5.69 Å². The monoisotopic (exact) mass is 203 g/mol. The molecule has 0 fully saturated rings. The molecule has 1 aliphatic heterocycles. The number of benzene rings is 1. The first kappa shape index (κ1) is 10.5. The van der Waals surface area contributed by atoms with Gasteiger partial charge in [-0.2, -0.15) is 0 Å². The third-order valence-corrected chi connectivity index (χ3v) is 3.30. The van der Waals surface area contributed by atoms with Crippen LogP contribution in [0, 0.1) is 6.92 Å². The molecule has 82 valence electrons. The van der Waals surface area contributed by atoms with Crippen molar-refractivity contribution >= 4 is 5.69 Å². The van der Waals surface area contributed by atoms with Crippen LogP contribution in [0.25, 0.3) is 0 Å². The maximum Gasteiger partial charge on any atom is 0.0343 e. The number of hydrogen-bond donors (Lipinski definition) is 1. The van der Waals surface area contributed by atoms with Crippen LogP contribution >= 0.6 is 0 Å². The van der Waals surface area contributed by atoms with Gasteiger partial charge in [0.05, 0.1) is 0 Å². The standard InChI is InChI=1S/C14H21N/c1-12-8-9-14-11-13(12)7-5-3-2-4-6-10-15-14/h8-9,11,15H,2-7,10H2,1H3. The molecule has 0 amide bonds. The highest BCUT2D eigenvalue weighted by atomic mass is 14.9. The average molecular weight is 203 g/mol. The predicted octanol–water partition coefficient (Wildman–Crippen LogP) is 3.91. The molecule has 0 saturated carbocycles. The van der Waals surface area contributed by atoms with Crippen molar-refractivity contribution in [2.75, 3.05) is 11.9 Å². The van der Waals surface area contributed by atoms with E-state index < -0.39 is 0 Å². The van der Waals surface area contributed by atoms with E-state index in [9.17, 15) is 0 Å². The van der Waals surface area contributed by atoms with Crippen molar-refractivity contribution in [1.82, 2.24) is 0 Å². The lowest BCUT2D eigenvalue weighted by Crippen LogP contribution is -2.01. The predicted molar refractivity (Wildman–Crippen MR) is 66.5 cm³/mol. The van der Waals surface area contributed by atoms with Gasteiger partial charge in [0.25, 0.3) is 0 Å². The molecule has 2 rings (SSSR count). The van der Waals surface area contributed by atoms with Gasteiger partial charge in [-0.3, -0.25) is 0 Å². The van der Waals surface area contributed by atoms with E-state index in [-0.39, 0.29) is 0 Å². The molecule has 0 aliphatic carbocycles. The second-order valence-electron chi connectivity index (χ2n) is 4.59. The first-order valence-corrected chi connectivity index (χ1v) is 6.20. The minimum Gasteiger partial charge on any atom is -0.385 e. The van der Waals surface area contributed by atoms with Gasteiger partial charge in [-0.05, 0) is 49.4 Å². The molecule has 1 N–H and O–H groups in total. The highest BCUT2D eigenvalue weighted by molar-refractivity contribution is 5.48. The first-order chi connectivity index (χ1) is 7.36. The Kier molecular flexibility index (Phi) is 3.65. The Labute approximate surface area is 92.9 Å². The summed E-state index contributed by atoms with van der Waals surface area (Å²) in [5, 5.41) is 3.51. The summed E-state index contributed by atoms with van der Waals surface area (Å²) >= 11 is 0. The van der Waals surface area contributed by atoms with Gasteiger partial charge in [0, 0.05) is 12.2 Å². The van der Waals surface area contributed by atoms with Crippen LogP contribution in [-0.2, 0) is 6.42 Å². The summed E-state index contributed by atoms with van der Waals surface area (Å²) in [6.45, 7) is 3.35. The molecule has 0 aromatic heterocycles. The van der Waals surface area contributed by atoms with Crippen LogP contribution in [0.15, 0.2) is 18.2 Å². The fraction of sp³-hybridized carbons (Fsp3) is 0.571. The minimum atomic E-state index is 1.13. The van der Waals surface area contributed by atoms with E-state index >= 15 is 0 Å². The SMILES string of the molecule is Cc1ccc2cc1CCCCCCCN2. The van der Waals surface area contributed by atoms with Crippen molar-refractivity contribution in [2.24, 2.45) is 0 Å². The molecule has 2 bridgehead atoms. The number of anilines is 1. The molecular weight excluding hydrogens is 182 g/mol. The molecule has 15 heavy (non-hydrogen) atoms. The highest BCUT2D eigenvalue weighted by Gasteiger charge is 2.02. The molecule has 0 unspecified atom stereocenters. The van der Waals surface area contributed by atoms with Crippen molar-refractivity contribution in [3.63, 3.8) is 0 Å². The van der Waals surface area contributed by atoms with Crippen molar-refractivity contribution in [2.45, 2.75) is 45.4 Å². The van der Waals surface area contributed by atoms with Crippen LogP contribution in [0.3, 0.4) is 0 Å². The van der Waals surface area contributed by atoms with Crippen LogP contribution in [0.5, 0.6) is 0 Å². The van der Waals surface area contributed by atoms with Gasteiger partial charge < -0.3 is 5.32 Å². The Balaban J connectivity index is 2.14. The summed E-state index contributed by atoms with van der Waals surface area (Å²) in [4.78, 5) is 0. The average Bonchev–Trinajstić information content (AvgIpc) is 2.28. The molecule has 1 heterocycles. The Morgan fingerprint density at radius 1 is 1.00 bits per heavy atom. The second kappa shape index (κ2) is 5.20. The van der Waals surface area contributed by atoms with Crippen LogP contribution < -0.4 is 5.32 Å². The van der Waals surface area contributed by atoms with Gasteiger partial charge in [0.2, 0.25) is 0 Å². The Morgan fingerprint density at radius 2 is 1.80 bits per heavy atom. The van der Waals surface area contributed by atoms with Gasteiger partial charge in [0.15, 0.2) is 0 Å². The molecule has 1 aromatic carbocycles. The van der Waals surface area contributed by atoms with E-state index in [4.69, 9.17) is 0 Å². The summed E-state index contributed by atoms with van der Waals surface area (Å²) in [6.07, 6.45) is 8.08. The third-order valence-electron chi connectivity index (χ3n) is 3.30. The normalized spacial score (nSPS) is 17.7. The summed E-state index contributed by atoms with van der Waals surface area (Å²) in [7, 11) is 0. The largest absolute Gasteiger partial charge is 0.385 e. The Hall–Kier alpha value is -0.980. The lowest BCUT2D eigenvalue weighted by molar-refractivity contribution is 0.625. The van der Waals surface area contributed by atoms with Gasteiger partial charge in [0.1, 0.15) is 0 Å². The Morgan fingerprint density at radius 3 is 2.73 bits per heavy atom. The van der Waals surface area contributed by atoms with Crippen molar-refractivity contribution < 1.29 is 0 Å². The molecule has 0 saturated heterocycles. The van der Waals surface area contributed by atoms with Gasteiger partial charge in [-0.1, -0.05) is 25.3 Å². The van der Waals surface area contributed by atoms with E-state index in [1.165, 1.54) is 55.3 Å². The molecule has 1 nitrogen and oxygen atoms in total. The van der Waals surface area contributed by atoms with E-state index in [2.05, 4.69) is 30.4 Å². The second-order valence-corrected chi connectivity index (χ2v) is 4.59. The lowest BCUT2D eigenvalue weighted by Gasteiger charge is -2.09. The molecular formula is C14H21N. The highest BCUT2D eigenvalue weighted by Crippen LogP contribution is 2.19. The zero-order valence-corrected chi connectivity index (χ0v) is 9.68. The molecule has 1 heteroatoms. The van der Waals surface area contributed by atoms with E-state index in [0.29, 0.717) is 0 Å². The smallest absolute Gasteiger partial charge is 0.0343 e. The number of nitrogens with one attached hydrogen (secondary N) is 1. The molecule has 0 spiro atoms. The third kappa shape index (κ3) is 2.98. The molecule has 1 aromatic rings. The van der Waals surface area contributed by atoms with E-state index in [1.807, 2.05) is 0 Å². The summed E-state index contributed by atoms with van der Waals surface area (Å²) < 4.78 is 0. The van der Waals surface area contributed by atoms with Gasteiger partial charge in [-0.15, -0.1) is 0 Å². The number of hydrogen-bond acceptors (Lipinski definition) is 1. The fourth-order valence-electron chi connectivity index (χ4n) is 2.25.